The van der Waals surface area contributed by atoms with Crippen molar-refractivity contribution in [3.8, 4) is 11.4 Å². The Labute approximate surface area is 131 Å². The highest BCUT2D eigenvalue weighted by atomic mass is 14.9. The smallest absolute Gasteiger partial charge is 0.140 e. The standard InChI is InChI=1S/C18H11N5/c1-4-11(10-19-7-1)18-22-16-12-5-2-8-20-14(12)15-13(17(16)23-18)6-3-9-21-15/h1-10H,(H,22,23). The Bertz CT molecular complexity index is 1090. The number of benzene rings is 1. The van der Waals surface area contributed by atoms with Crippen molar-refractivity contribution < 1.29 is 0 Å². The summed E-state index contributed by atoms with van der Waals surface area (Å²) in [6, 6.07) is 11.8. The summed E-state index contributed by atoms with van der Waals surface area (Å²) in [7, 11) is 0. The van der Waals surface area contributed by atoms with Gasteiger partial charge >= 0.3 is 0 Å². The quantitative estimate of drug-likeness (QED) is 0.479. The first kappa shape index (κ1) is 12.2. The first-order chi connectivity index (χ1) is 11.4. The third-order valence-corrected chi connectivity index (χ3v) is 4.00. The van der Waals surface area contributed by atoms with Gasteiger partial charge in [0, 0.05) is 41.1 Å². The Morgan fingerprint density at radius 1 is 0.739 bits per heavy atom. The van der Waals surface area contributed by atoms with Crippen molar-refractivity contribution in [2.45, 2.75) is 0 Å². The molecule has 5 nitrogen and oxygen atoms in total. The van der Waals surface area contributed by atoms with Crippen LogP contribution in [0.25, 0.3) is 44.2 Å². The molecule has 0 unspecified atom stereocenters. The highest BCUT2D eigenvalue weighted by molar-refractivity contribution is 6.20. The van der Waals surface area contributed by atoms with Crippen molar-refractivity contribution >= 4 is 32.8 Å². The van der Waals surface area contributed by atoms with Gasteiger partial charge in [0.2, 0.25) is 0 Å². The molecule has 0 radical (unpaired) electrons. The molecule has 1 aromatic carbocycles. The van der Waals surface area contributed by atoms with Crippen LogP contribution in [0.15, 0.2) is 61.2 Å². The second kappa shape index (κ2) is 4.58. The van der Waals surface area contributed by atoms with Gasteiger partial charge in [-0.25, -0.2) is 4.98 Å². The number of H-pyrrole nitrogens is 1. The summed E-state index contributed by atoms with van der Waals surface area (Å²) in [5.74, 6) is 0.801. The number of nitrogens with one attached hydrogen (secondary N) is 1. The van der Waals surface area contributed by atoms with Gasteiger partial charge in [0.1, 0.15) is 5.82 Å². The predicted octanol–water partition coefficient (Wildman–Crippen LogP) is 3.72. The molecule has 0 saturated carbocycles. The van der Waals surface area contributed by atoms with Crippen LogP contribution < -0.4 is 0 Å². The van der Waals surface area contributed by atoms with E-state index < -0.39 is 0 Å². The fraction of sp³-hybridized carbons (Fsp3) is 0. The molecule has 0 saturated heterocycles. The van der Waals surface area contributed by atoms with Gasteiger partial charge in [-0.1, -0.05) is 0 Å². The number of fused-ring (bicyclic) bond motifs is 6. The molecule has 0 atom stereocenters. The predicted molar refractivity (Wildman–Crippen MR) is 89.9 cm³/mol. The number of aromatic nitrogens is 5. The molecule has 0 aliphatic carbocycles. The van der Waals surface area contributed by atoms with E-state index in [0.717, 1.165) is 44.2 Å². The first-order valence-corrected chi connectivity index (χ1v) is 7.33. The molecule has 5 rings (SSSR count). The first-order valence-electron chi connectivity index (χ1n) is 7.33. The summed E-state index contributed by atoms with van der Waals surface area (Å²) < 4.78 is 0. The lowest BCUT2D eigenvalue weighted by atomic mass is 10.1. The van der Waals surface area contributed by atoms with Crippen LogP contribution in [0.1, 0.15) is 0 Å². The number of aromatic amines is 1. The number of pyridine rings is 3. The van der Waals surface area contributed by atoms with Crippen molar-refractivity contribution in [3.05, 3.63) is 61.2 Å². The van der Waals surface area contributed by atoms with E-state index in [0.29, 0.717) is 0 Å². The number of imidazole rings is 1. The third kappa shape index (κ3) is 1.73. The van der Waals surface area contributed by atoms with Gasteiger partial charge in [0.15, 0.2) is 0 Å². The summed E-state index contributed by atoms with van der Waals surface area (Å²) in [4.78, 5) is 21.4. The van der Waals surface area contributed by atoms with Crippen LogP contribution in [0, 0.1) is 0 Å². The van der Waals surface area contributed by atoms with Crippen molar-refractivity contribution in [2.75, 3.05) is 0 Å². The molecule has 108 valence electrons. The minimum Gasteiger partial charge on any atom is -0.337 e. The fourth-order valence-corrected chi connectivity index (χ4v) is 2.98. The van der Waals surface area contributed by atoms with Crippen molar-refractivity contribution in [3.63, 3.8) is 0 Å². The van der Waals surface area contributed by atoms with Gasteiger partial charge in [-0.15, -0.1) is 0 Å². The van der Waals surface area contributed by atoms with Crippen molar-refractivity contribution in [2.24, 2.45) is 0 Å². The zero-order valence-corrected chi connectivity index (χ0v) is 12.1. The summed E-state index contributed by atoms with van der Waals surface area (Å²) >= 11 is 0. The van der Waals surface area contributed by atoms with Crippen LogP contribution in [0.3, 0.4) is 0 Å². The maximum atomic E-state index is 4.80. The Balaban J connectivity index is 1.99. The molecule has 4 heterocycles. The van der Waals surface area contributed by atoms with Gasteiger partial charge in [-0.05, 0) is 36.4 Å². The zero-order valence-electron chi connectivity index (χ0n) is 12.1. The molecule has 0 fully saturated rings. The van der Waals surface area contributed by atoms with Gasteiger partial charge in [-0.3, -0.25) is 15.0 Å². The highest BCUT2D eigenvalue weighted by Crippen LogP contribution is 2.32. The van der Waals surface area contributed by atoms with Crippen molar-refractivity contribution in [1.82, 2.24) is 24.9 Å². The van der Waals surface area contributed by atoms with Crippen molar-refractivity contribution in [1.29, 1.82) is 0 Å². The van der Waals surface area contributed by atoms with Gasteiger partial charge in [0.05, 0.1) is 22.1 Å². The van der Waals surface area contributed by atoms with E-state index in [4.69, 9.17) is 4.98 Å². The van der Waals surface area contributed by atoms with E-state index in [2.05, 4.69) is 19.9 Å². The number of hydrogen-bond acceptors (Lipinski definition) is 4. The molecule has 23 heavy (non-hydrogen) atoms. The minimum atomic E-state index is 0.801. The van der Waals surface area contributed by atoms with Gasteiger partial charge in [0.25, 0.3) is 0 Å². The molecule has 0 aliphatic rings. The average Bonchev–Trinajstić information content (AvgIpc) is 3.09. The maximum absolute atomic E-state index is 4.80. The van der Waals surface area contributed by atoms with Gasteiger partial charge in [-0.2, -0.15) is 0 Å². The lowest BCUT2D eigenvalue weighted by Crippen LogP contribution is -1.86. The lowest BCUT2D eigenvalue weighted by Gasteiger charge is -2.03. The van der Waals surface area contributed by atoms with E-state index in [1.54, 1.807) is 24.8 Å². The SMILES string of the molecule is c1cncc(-c2nc3c4cccnc4c4ncccc4c3[nH]2)c1. The Hall–Kier alpha value is -3.34. The number of rotatable bonds is 1. The molecule has 0 spiro atoms. The van der Waals surface area contributed by atoms with E-state index in [-0.39, 0.29) is 0 Å². The Morgan fingerprint density at radius 2 is 1.48 bits per heavy atom. The Morgan fingerprint density at radius 3 is 2.26 bits per heavy atom. The summed E-state index contributed by atoms with van der Waals surface area (Å²) in [6.07, 6.45) is 7.14. The molecule has 0 aliphatic heterocycles. The molecular weight excluding hydrogens is 286 g/mol. The minimum absolute atomic E-state index is 0.801. The maximum Gasteiger partial charge on any atom is 0.140 e. The summed E-state index contributed by atoms with van der Waals surface area (Å²) in [6.45, 7) is 0. The molecule has 4 aromatic heterocycles. The van der Waals surface area contributed by atoms with Crippen LogP contribution in [-0.2, 0) is 0 Å². The lowest BCUT2D eigenvalue weighted by molar-refractivity contribution is 1.27. The largest absolute Gasteiger partial charge is 0.337 e. The molecule has 0 bridgehead atoms. The molecular formula is C18H11N5. The summed E-state index contributed by atoms with van der Waals surface area (Å²) in [5.41, 5.74) is 4.61. The highest BCUT2D eigenvalue weighted by Gasteiger charge is 2.14. The van der Waals surface area contributed by atoms with Crippen LogP contribution in [0.4, 0.5) is 0 Å². The van der Waals surface area contributed by atoms with Crippen LogP contribution in [0.5, 0.6) is 0 Å². The molecule has 1 N–H and O–H groups in total. The molecule has 0 amide bonds. The fourth-order valence-electron chi connectivity index (χ4n) is 2.98. The number of hydrogen-bond donors (Lipinski definition) is 1. The topological polar surface area (TPSA) is 67.3 Å². The van der Waals surface area contributed by atoms with Crippen LogP contribution in [0.2, 0.25) is 0 Å². The van der Waals surface area contributed by atoms with E-state index in [1.807, 2.05) is 36.4 Å². The van der Waals surface area contributed by atoms with Crippen LogP contribution >= 0.6 is 0 Å². The van der Waals surface area contributed by atoms with E-state index >= 15 is 0 Å². The Kier molecular flexibility index (Phi) is 2.43. The van der Waals surface area contributed by atoms with E-state index in [1.165, 1.54) is 0 Å². The second-order valence-corrected chi connectivity index (χ2v) is 5.35. The number of nitrogens with zero attached hydrogens (tertiary/aromatic N) is 4. The molecule has 5 aromatic rings. The van der Waals surface area contributed by atoms with Gasteiger partial charge < -0.3 is 4.98 Å². The van der Waals surface area contributed by atoms with E-state index in [9.17, 15) is 0 Å². The summed E-state index contributed by atoms with van der Waals surface area (Å²) in [5, 5.41) is 2.02. The normalized spacial score (nSPS) is 11.5. The average molecular weight is 297 g/mol. The van der Waals surface area contributed by atoms with Crippen LogP contribution in [-0.4, -0.2) is 24.9 Å². The zero-order chi connectivity index (χ0) is 15.2. The second-order valence-electron chi connectivity index (χ2n) is 5.35. The monoisotopic (exact) mass is 297 g/mol. The molecule has 5 heteroatoms. The third-order valence-electron chi connectivity index (χ3n) is 4.00.